The van der Waals surface area contributed by atoms with Gasteiger partial charge in [-0.15, -0.1) is 0 Å². The van der Waals surface area contributed by atoms with Crippen molar-refractivity contribution >= 4 is 22.5 Å². The molecule has 3 heteroatoms. The Balaban J connectivity index is 2.02. The van der Waals surface area contributed by atoms with Gasteiger partial charge in [0.2, 0.25) is 0 Å². The van der Waals surface area contributed by atoms with E-state index in [1.54, 1.807) is 0 Å². The molecule has 122 valence electrons. The minimum Gasteiger partial charge on any atom is -0.389 e. The van der Waals surface area contributed by atoms with E-state index in [1.165, 1.54) is 18.5 Å². The molecule has 1 aliphatic rings. The summed E-state index contributed by atoms with van der Waals surface area (Å²) in [5, 5.41) is 12.2. The fourth-order valence-corrected chi connectivity index (χ4v) is 3.64. The number of aliphatic hydroxyl groups excluding tert-OH is 1. The highest BCUT2D eigenvalue weighted by Crippen LogP contribution is 2.42. The van der Waals surface area contributed by atoms with E-state index in [2.05, 4.69) is 18.2 Å². The number of benzene rings is 2. The summed E-state index contributed by atoms with van der Waals surface area (Å²) in [6, 6.07) is 14.2. The Morgan fingerprint density at radius 3 is 2.46 bits per heavy atom. The predicted molar refractivity (Wildman–Crippen MR) is 99.5 cm³/mol. The zero-order valence-electron chi connectivity index (χ0n) is 13.9. The molecule has 1 N–H and O–H groups in total. The van der Waals surface area contributed by atoms with Crippen molar-refractivity contribution in [2.75, 3.05) is 0 Å². The molecule has 1 heterocycles. The molecule has 0 radical (unpaired) electrons. The number of aliphatic hydroxyl groups is 1. The number of aryl methyl sites for hydroxylation is 1. The van der Waals surface area contributed by atoms with Gasteiger partial charge in [0.15, 0.2) is 0 Å². The molecule has 1 aromatic heterocycles. The molecule has 24 heavy (non-hydrogen) atoms. The van der Waals surface area contributed by atoms with Gasteiger partial charge in [-0.05, 0) is 73.2 Å². The van der Waals surface area contributed by atoms with Crippen LogP contribution in [0.3, 0.4) is 0 Å². The summed E-state index contributed by atoms with van der Waals surface area (Å²) in [6.45, 7) is 3.87. The predicted octanol–water partition coefficient (Wildman–Crippen LogP) is 5.79. The summed E-state index contributed by atoms with van der Waals surface area (Å²) in [4.78, 5) is 4.89. The lowest BCUT2D eigenvalue weighted by atomic mass is 9.89. The fourth-order valence-electron chi connectivity index (χ4n) is 3.51. The standard InChI is InChI=1S/C21H20ClNO/c1-12-11-19-17(9-10-18(23-19)14-3-4-14)21(20(12)13(2)24)15-5-7-16(22)8-6-15/h5-11,13-14,24H,3-4H2,1-2H3. The molecule has 0 bridgehead atoms. The number of pyridine rings is 1. The summed E-state index contributed by atoms with van der Waals surface area (Å²) in [5.41, 5.74) is 6.35. The van der Waals surface area contributed by atoms with Crippen LogP contribution < -0.4 is 0 Å². The molecule has 1 aliphatic carbocycles. The molecular formula is C21H20ClNO. The number of aromatic nitrogens is 1. The van der Waals surface area contributed by atoms with Crippen molar-refractivity contribution in [1.82, 2.24) is 4.98 Å². The lowest BCUT2D eigenvalue weighted by Gasteiger charge is -2.19. The highest BCUT2D eigenvalue weighted by molar-refractivity contribution is 6.30. The van der Waals surface area contributed by atoms with Crippen LogP contribution in [0, 0.1) is 6.92 Å². The van der Waals surface area contributed by atoms with Gasteiger partial charge in [0.05, 0.1) is 11.6 Å². The van der Waals surface area contributed by atoms with Gasteiger partial charge in [-0.25, -0.2) is 0 Å². The number of fused-ring (bicyclic) bond motifs is 1. The maximum atomic E-state index is 10.4. The number of hydrogen-bond acceptors (Lipinski definition) is 2. The Labute approximate surface area is 147 Å². The molecule has 0 amide bonds. The second-order valence-electron chi connectivity index (χ2n) is 6.74. The number of halogens is 1. The molecule has 2 nitrogen and oxygen atoms in total. The zero-order chi connectivity index (χ0) is 16.8. The molecule has 1 fully saturated rings. The fraction of sp³-hybridized carbons (Fsp3) is 0.286. The third-order valence-electron chi connectivity index (χ3n) is 4.81. The Hall–Kier alpha value is -1.90. The highest BCUT2D eigenvalue weighted by Gasteiger charge is 2.26. The van der Waals surface area contributed by atoms with Crippen LogP contribution in [-0.2, 0) is 0 Å². The van der Waals surface area contributed by atoms with Crippen molar-refractivity contribution in [3.8, 4) is 11.1 Å². The van der Waals surface area contributed by atoms with E-state index in [1.807, 2.05) is 38.1 Å². The van der Waals surface area contributed by atoms with Crippen molar-refractivity contribution in [3.63, 3.8) is 0 Å². The minimum atomic E-state index is -0.539. The normalized spacial score (nSPS) is 15.7. The van der Waals surface area contributed by atoms with Gasteiger partial charge >= 0.3 is 0 Å². The second kappa shape index (κ2) is 5.87. The summed E-state index contributed by atoms with van der Waals surface area (Å²) >= 11 is 6.05. The Morgan fingerprint density at radius 1 is 1.12 bits per heavy atom. The molecule has 0 spiro atoms. The smallest absolute Gasteiger partial charge is 0.0770 e. The van der Waals surface area contributed by atoms with Crippen LogP contribution in [0.1, 0.15) is 48.6 Å². The topological polar surface area (TPSA) is 33.1 Å². The first kappa shape index (κ1) is 15.6. The zero-order valence-corrected chi connectivity index (χ0v) is 14.6. The van der Waals surface area contributed by atoms with Crippen LogP contribution in [0.2, 0.25) is 5.02 Å². The molecule has 1 atom stereocenters. The Morgan fingerprint density at radius 2 is 1.83 bits per heavy atom. The highest BCUT2D eigenvalue weighted by atomic mass is 35.5. The van der Waals surface area contributed by atoms with Gasteiger partial charge in [0.25, 0.3) is 0 Å². The Kier molecular flexibility index (Phi) is 3.82. The van der Waals surface area contributed by atoms with E-state index in [0.29, 0.717) is 10.9 Å². The van der Waals surface area contributed by atoms with Gasteiger partial charge in [-0.3, -0.25) is 4.98 Å². The van der Waals surface area contributed by atoms with E-state index >= 15 is 0 Å². The SMILES string of the molecule is Cc1cc2nc(C3CC3)ccc2c(-c2ccc(Cl)cc2)c1C(C)O. The van der Waals surface area contributed by atoms with Crippen LogP contribution >= 0.6 is 11.6 Å². The molecule has 3 aromatic rings. The number of hydrogen-bond donors (Lipinski definition) is 1. The molecular weight excluding hydrogens is 318 g/mol. The van der Waals surface area contributed by atoms with Crippen LogP contribution in [0.4, 0.5) is 0 Å². The Bertz CT molecular complexity index is 911. The average Bonchev–Trinajstić information content (AvgIpc) is 3.38. The van der Waals surface area contributed by atoms with Crippen molar-refractivity contribution in [2.24, 2.45) is 0 Å². The largest absolute Gasteiger partial charge is 0.389 e. The monoisotopic (exact) mass is 337 g/mol. The third kappa shape index (κ3) is 2.70. The van der Waals surface area contributed by atoms with Crippen molar-refractivity contribution in [3.05, 3.63) is 64.3 Å². The first-order valence-corrected chi connectivity index (χ1v) is 8.80. The van der Waals surface area contributed by atoms with Gasteiger partial charge in [0.1, 0.15) is 0 Å². The summed E-state index contributed by atoms with van der Waals surface area (Å²) < 4.78 is 0. The van der Waals surface area contributed by atoms with Gasteiger partial charge in [-0.2, -0.15) is 0 Å². The molecule has 1 saturated carbocycles. The van der Waals surface area contributed by atoms with Crippen molar-refractivity contribution < 1.29 is 5.11 Å². The quantitative estimate of drug-likeness (QED) is 0.655. The summed E-state index contributed by atoms with van der Waals surface area (Å²) in [5.74, 6) is 0.630. The first-order valence-electron chi connectivity index (χ1n) is 8.42. The maximum absolute atomic E-state index is 10.4. The molecule has 4 rings (SSSR count). The van der Waals surface area contributed by atoms with Crippen LogP contribution in [0.25, 0.3) is 22.0 Å². The molecule has 0 aliphatic heterocycles. The van der Waals surface area contributed by atoms with Gasteiger partial charge in [-0.1, -0.05) is 29.8 Å². The summed E-state index contributed by atoms with van der Waals surface area (Å²) in [7, 11) is 0. The third-order valence-corrected chi connectivity index (χ3v) is 5.06. The van der Waals surface area contributed by atoms with Crippen LogP contribution in [0.5, 0.6) is 0 Å². The number of rotatable bonds is 3. The van der Waals surface area contributed by atoms with Crippen molar-refractivity contribution in [2.45, 2.75) is 38.7 Å². The molecule has 1 unspecified atom stereocenters. The van der Waals surface area contributed by atoms with Gasteiger partial charge < -0.3 is 5.11 Å². The lowest BCUT2D eigenvalue weighted by molar-refractivity contribution is 0.199. The number of nitrogens with zero attached hydrogens (tertiary/aromatic N) is 1. The van der Waals surface area contributed by atoms with Gasteiger partial charge in [0, 0.05) is 22.0 Å². The first-order chi connectivity index (χ1) is 11.5. The van der Waals surface area contributed by atoms with E-state index in [0.717, 1.165) is 33.2 Å². The van der Waals surface area contributed by atoms with E-state index < -0.39 is 6.10 Å². The lowest BCUT2D eigenvalue weighted by Crippen LogP contribution is -2.01. The van der Waals surface area contributed by atoms with E-state index in [9.17, 15) is 5.11 Å². The van der Waals surface area contributed by atoms with Crippen LogP contribution in [0.15, 0.2) is 42.5 Å². The molecule has 2 aromatic carbocycles. The average molecular weight is 338 g/mol. The van der Waals surface area contributed by atoms with Crippen molar-refractivity contribution in [1.29, 1.82) is 0 Å². The second-order valence-corrected chi connectivity index (χ2v) is 7.18. The molecule has 0 saturated heterocycles. The minimum absolute atomic E-state index is 0.539. The summed E-state index contributed by atoms with van der Waals surface area (Å²) in [6.07, 6.45) is 1.95. The van der Waals surface area contributed by atoms with E-state index in [-0.39, 0.29) is 0 Å². The van der Waals surface area contributed by atoms with E-state index in [4.69, 9.17) is 16.6 Å². The van der Waals surface area contributed by atoms with Crippen LogP contribution in [-0.4, -0.2) is 10.1 Å². The maximum Gasteiger partial charge on any atom is 0.0770 e.